The minimum absolute atomic E-state index is 0.113. The highest BCUT2D eigenvalue weighted by Crippen LogP contribution is 2.44. The van der Waals surface area contributed by atoms with E-state index in [1.54, 1.807) is 18.4 Å². The number of Topliss-reactive ketones (excluding diaryl/α,β-unsaturated/α-hetero) is 1. The van der Waals surface area contributed by atoms with Gasteiger partial charge in [0.15, 0.2) is 0 Å². The number of hydrogen-bond donors (Lipinski definition) is 1. The number of hydrogen-bond acceptors (Lipinski definition) is 6. The Balaban J connectivity index is 1.60. The number of carbonyl (C=O) groups excluding carboxylic acids is 1. The van der Waals surface area contributed by atoms with Crippen LogP contribution in [0.5, 0.6) is 5.75 Å². The Morgan fingerprint density at radius 2 is 2.11 bits per heavy atom. The number of anilines is 1. The van der Waals surface area contributed by atoms with Crippen LogP contribution in [0.25, 0.3) is 0 Å². The molecule has 27 heavy (non-hydrogen) atoms. The summed E-state index contributed by atoms with van der Waals surface area (Å²) in [5, 5.41) is 9.77. The maximum Gasteiger partial charge on any atom is 0.226 e. The van der Waals surface area contributed by atoms with Gasteiger partial charge in [-0.1, -0.05) is 24.3 Å². The molecule has 3 aromatic rings. The topological polar surface area (TPSA) is 69.0 Å². The van der Waals surface area contributed by atoms with E-state index in [0.717, 1.165) is 17.0 Å². The van der Waals surface area contributed by atoms with Gasteiger partial charge < -0.3 is 10.1 Å². The molecule has 0 radical (unpaired) electrons. The van der Waals surface area contributed by atoms with E-state index >= 15 is 0 Å². The van der Waals surface area contributed by atoms with E-state index in [1.807, 2.05) is 35.0 Å². The van der Waals surface area contributed by atoms with Crippen LogP contribution in [-0.2, 0) is 4.79 Å². The number of benzene rings is 1. The molecule has 6 nitrogen and oxygen atoms in total. The Kier molecular flexibility index (Phi) is 3.82. The quantitative estimate of drug-likeness (QED) is 0.754. The standard InChI is InChI=1S/C20H18N4O2S/c1-26-14-6-4-12(5-7-14)19-18-15(23-20-21-11-22-24(19)20)9-13(10-16(18)25)17-3-2-8-27-17/h2-9,11,13,18-19H,10H2,1H3,(H,21,22,23)/t13-,18+,19+/m0/s1. The summed E-state index contributed by atoms with van der Waals surface area (Å²) in [5.74, 6) is 1.50. The van der Waals surface area contributed by atoms with Gasteiger partial charge >= 0.3 is 0 Å². The number of nitrogens with one attached hydrogen (secondary N) is 1. The third-order valence-electron chi connectivity index (χ3n) is 5.26. The summed E-state index contributed by atoms with van der Waals surface area (Å²) < 4.78 is 7.08. The van der Waals surface area contributed by atoms with Crippen molar-refractivity contribution in [3.05, 3.63) is 70.3 Å². The molecule has 0 saturated carbocycles. The van der Waals surface area contributed by atoms with Crippen molar-refractivity contribution in [2.75, 3.05) is 12.4 Å². The number of aromatic nitrogens is 3. The highest BCUT2D eigenvalue weighted by Gasteiger charge is 2.43. The van der Waals surface area contributed by atoms with E-state index in [0.29, 0.717) is 12.4 Å². The number of methoxy groups -OCH3 is 1. The van der Waals surface area contributed by atoms with Crippen LogP contribution in [0.1, 0.15) is 28.8 Å². The molecule has 1 aliphatic carbocycles. The largest absolute Gasteiger partial charge is 0.497 e. The molecule has 3 atom stereocenters. The Bertz CT molecular complexity index is 1010. The maximum atomic E-state index is 13.2. The van der Waals surface area contributed by atoms with E-state index in [9.17, 15) is 4.79 Å². The molecular formula is C20H18N4O2S. The van der Waals surface area contributed by atoms with Gasteiger partial charge in [0.2, 0.25) is 5.95 Å². The third kappa shape index (κ3) is 2.66. The first kappa shape index (κ1) is 16.3. The van der Waals surface area contributed by atoms with Gasteiger partial charge in [0.05, 0.1) is 19.1 Å². The molecule has 1 N–H and O–H groups in total. The molecule has 0 amide bonds. The van der Waals surface area contributed by atoms with Crippen molar-refractivity contribution in [1.29, 1.82) is 0 Å². The fourth-order valence-electron chi connectivity index (χ4n) is 4.00. The summed E-state index contributed by atoms with van der Waals surface area (Å²) in [4.78, 5) is 18.8. The zero-order valence-electron chi connectivity index (χ0n) is 14.7. The van der Waals surface area contributed by atoms with Crippen molar-refractivity contribution in [2.24, 2.45) is 5.92 Å². The Morgan fingerprint density at radius 1 is 1.26 bits per heavy atom. The van der Waals surface area contributed by atoms with E-state index in [-0.39, 0.29) is 23.7 Å². The smallest absolute Gasteiger partial charge is 0.226 e. The highest BCUT2D eigenvalue weighted by atomic mass is 32.1. The molecule has 2 aromatic heterocycles. The molecule has 5 rings (SSSR count). The van der Waals surface area contributed by atoms with E-state index < -0.39 is 0 Å². The second-order valence-electron chi connectivity index (χ2n) is 6.76. The lowest BCUT2D eigenvalue weighted by Gasteiger charge is -2.37. The van der Waals surface area contributed by atoms with Gasteiger partial charge in [0.25, 0.3) is 0 Å². The van der Waals surface area contributed by atoms with Crippen LogP contribution >= 0.6 is 11.3 Å². The van der Waals surface area contributed by atoms with Crippen LogP contribution < -0.4 is 10.1 Å². The van der Waals surface area contributed by atoms with Gasteiger partial charge in [-0.2, -0.15) is 10.1 Å². The molecule has 3 heterocycles. The number of rotatable bonds is 3. The van der Waals surface area contributed by atoms with Crippen molar-refractivity contribution in [3.63, 3.8) is 0 Å². The van der Waals surface area contributed by atoms with Gasteiger partial charge in [-0.3, -0.25) is 4.79 Å². The molecule has 0 fully saturated rings. The summed E-state index contributed by atoms with van der Waals surface area (Å²) in [6.45, 7) is 0. The first-order valence-electron chi connectivity index (χ1n) is 8.83. The van der Waals surface area contributed by atoms with E-state index in [2.05, 4.69) is 32.9 Å². The van der Waals surface area contributed by atoms with Crippen molar-refractivity contribution >= 4 is 23.1 Å². The number of allylic oxidation sites excluding steroid dienone is 2. The fourth-order valence-corrected chi connectivity index (χ4v) is 4.79. The van der Waals surface area contributed by atoms with Crippen LogP contribution in [0.4, 0.5) is 5.95 Å². The number of fused-ring (bicyclic) bond motifs is 2. The second-order valence-corrected chi connectivity index (χ2v) is 7.74. The molecule has 7 heteroatoms. The van der Waals surface area contributed by atoms with Crippen LogP contribution in [0.15, 0.2) is 59.9 Å². The summed E-state index contributed by atoms with van der Waals surface area (Å²) in [6.07, 6.45) is 4.22. The Morgan fingerprint density at radius 3 is 2.85 bits per heavy atom. The number of ketones is 1. The van der Waals surface area contributed by atoms with Crippen molar-refractivity contribution in [3.8, 4) is 5.75 Å². The van der Waals surface area contributed by atoms with Crippen molar-refractivity contribution in [1.82, 2.24) is 14.8 Å². The van der Waals surface area contributed by atoms with Gasteiger partial charge in [-0.15, -0.1) is 11.3 Å². The fraction of sp³-hybridized carbons (Fsp3) is 0.250. The van der Waals surface area contributed by atoms with Crippen LogP contribution in [0.2, 0.25) is 0 Å². The van der Waals surface area contributed by atoms with E-state index in [1.165, 1.54) is 11.2 Å². The maximum absolute atomic E-state index is 13.2. The van der Waals surface area contributed by atoms with Crippen LogP contribution in [0.3, 0.4) is 0 Å². The molecule has 2 aliphatic rings. The summed E-state index contributed by atoms with van der Waals surface area (Å²) in [5.41, 5.74) is 1.94. The zero-order chi connectivity index (χ0) is 18.4. The average Bonchev–Trinajstić information content (AvgIpc) is 3.38. The molecule has 1 aliphatic heterocycles. The Labute approximate surface area is 160 Å². The average molecular weight is 378 g/mol. The van der Waals surface area contributed by atoms with Gasteiger partial charge in [0.1, 0.15) is 17.9 Å². The molecule has 0 bridgehead atoms. The minimum Gasteiger partial charge on any atom is -0.497 e. The van der Waals surface area contributed by atoms with Gasteiger partial charge in [-0.25, -0.2) is 4.68 Å². The lowest BCUT2D eigenvalue weighted by Crippen LogP contribution is -2.40. The molecule has 136 valence electrons. The number of nitrogens with zero attached hydrogens (tertiary/aromatic N) is 3. The van der Waals surface area contributed by atoms with E-state index in [4.69, 9.17) is 4.74 Å². The summed E-state index contributed by atoms with van der Waals surface area (Å²) in [7, 11) is 1.64. The molecule has 0 saturated heterocycles. The molecule has 0 spiro atoms. The minimum atomic E-state index is -0.288. The number of ether oxygens (including phenoxy) is 1. The lowest BCUT2D eigenvalue weighted by molar-refractivity contribution is -0.123. The third-order valence-corrected chi connectivity index (χ3v) is 6.26. The zero-order valence-corrected chi connectivity index (χ0v) is 15.5. The first-order chi connectivity index (χ1) is 13.2. The second kappa shape index (κ2) is 6.35. The van der Waals surface area contributed by atoms with Crippen LogP contribution in [-0.4, -0.2) is 27.7 Å². The lowest BCUT2D eigenvalue weighted by atomic mass is 9.77. The van der Waals surface area contributed by atoms with Crippen LogP contribution in [0, 0.1) is 5.92 Å². The molecule has 1 aromatic carbocycles. The predicted octanol–water partition coefficient (Wildman–Crippen LogP) is 3.62. The number of carbonyl (C=O) groups is 1. The van der Waals surface area contributed by atoms with Gasteiger partial charge in [0, 0.05) is 22.9 Å². The normalized spacial score (nSPS) is 23.8. The predicted molar refractivity (Wildman–Crippen MR) is 103 cm³/mol. The molecule has 0 unspecified atom stereocenters. The Hall–Kier alpha value is -2.93. The van der Waals surface area contributed by atoms with Gasteiger partial charge in [-0.05, 0) is 29.1 Å². The number of thiophene rings is 1. The van der Waals surface area contributed by atoms with Crippen molar-refractivity contribution < 1.29 is 9.53 Å². The highest BCUT2D eigenvalue weighted by molar-refractivity contribution is 7.10. The summed E-state index contributed by atoms with van der Waals surface area (Å²) >= 11 is 1.69. The monoisotopic (exact) mass is 378 g/mol. The van der Waals surface area contributed by atoms with Crippen molar-refractivity contribution in [2.45, 2.75) is 18.4 Å². The SMILES string of the molecule is COc1ccc([C@@H]2[C@H]3C(=O)C[C@@H](c4cccs4)C=C3Nc3ncnn32)cc1. The first-order valence-corrected chi connectivity index (χ1v) is 9.71. The molecular weight excluding hydrogens is 360 g/mol. The summed E-state index contributed by atoms with van der Waals surface area (Å²) in [6, 6.07) is 11.7.